The van der Waals surface area contributed by atoms with Crippen molar-refractivity contribution >= 4 is 40.0 Å². The van der Waals surface area contributed by atoms with E-state index in [1.165, 1.54) is 0 Å². The van der Waals surface area contributed by atoms with Gasteiger partial charge in [-0.3, -0.25) is 0 Å². The summed E-state index contributed by atoms with van der Waals surface area (Å²) < 4.78 is 12.8. The van der Waals surface area contributed by atoms with E-state index in [2.05, 4.69) is 4.98 Å². The van der Waals surface area contributed by atoms with E-state index in [1.807, 2.05) is 23.7 Å². The second kappa shape index (κ2) is 4.90. The quantitative estimate of drug-likeness (QED) is 0.688. The third kappa shape index (κ3) is 2.35. The topological polar surface area (TPSA) is 62.3 Å². The van der Waals surface area contributed by atoms with Crippen molar-refractivity contribution in [3.8, 4) is 11.5 Å². The number of hydrogen-bond acceptors (Lipinski definition) is 5. The lowest BCUT2D eigenvalue weighted by Crippen LogP contribution is -2.08. The third-order valence-corrected chi connectivity index (χ3v) is 4.15. The number of aryl methyl sites for hydroxylation is 1. The third-order valence-electron chi connectivity index (χ3n) is 2.91. The Morgan fingerprint density at radius 2 is 2.21 bits per heavy atom. The summed E-state index contributed by atoms with van der Waals surface area (Å²) in [5, 5.41) is 0.940. The van der Waals surface area contributed by atoms with Gasteiger partial charge in [-0.05, 0) is 0 Å². The molecule has 0 bridgehead atoms. The summed E-state index contributed by atoms with van der Waals surface area (Å²) in [4.78, 5) is 5.13. The number of nitrogens with two attached hydrogens (primary N) is 1. The zero-order valence-corrected chi connectivity index (χ0v) is 12.0. The molecule has 1 aromatic carbocycles. The van der Waals surface area contributed by atoms with E-state index in [9.17, 15) is 0 Å². The van der Waals surface area contributed by atoms with Crippen LogP contribution in [0.5, 0.6) is 11.5 Å². The predicted molar refractivity (Wildman–Crippen MR) is 79.0 cm³/mol. The van der Waals surface area contributed by atoms with Gasteiger partial charge >= 0.3 is 0 Å². The van der Waals surface area contributed by atoms with Crippen LogP contribution in [-0.2, 0) is 7.05 Å². The minimum Gasteiger partial charge on any atom is -0.454 e. The fourth-order valence-electron chi connectivity index (χ4n) is 1.93. The van der Waals surface area contributed by atoms with Gasteiger partial charge in [-0.15, -0.1) is 0 Å². The lowest BCUT2D eigenvalue weighted by molar-refractivity contribution is 0.174. The fourth-order valence-corrected chi connectivity index (χ4v) is 3.12. The van der Waals surface area contributed by atoms with Crippen LogP contribution in [-0.4, -0.2) is 27.1 Å². The van der Waals surface area contributed by atoms with Crippen molar-refractivity contribution in [2.24, 2.45) is 12.8 Å². The first-order valence-electron chi connectivity index (χ1n) is 5.82. The first-order chi connectivity index (χ1) is 9.15. The van der Waals surface area contributed by atoms with Crippen LogP contribution in [0.4, 0.5) is 0 Å². The second-order valence-corrected chi connectivity index (χ2v) is 5.80. The molecule has 0 radical (unpaired) electrons. The number of fused-ring (bicyclic) bond motifs is 2. The molecule has 0 atom stereocenters. The molecule has 0 saturated carbocycles. The van der Waals surface area contributed by atoms with E-state index in [0.29, 0.717) is 11.4 Å². The molecule has 0 fully saturated rings. The summed E-state index contributed by atoms with van der Waals surface area (Å²) in [6, 6.07) is 3.87. The summed E-state index contributed by atoms with van der Waals surface area (Å²) in [7, 11) is 1.99. The molecule has 3 rings (SSSR count). The Morgan fingerprint density at radius 1 is 1.47 bits per heavy atom. The van der Waals surface area contributed by atoms with Gasteiger partial charge in [0.2, 0.25) is 6.79 Å². The van der Waals surface area contributed by atoms with E-state index in [0.717, 1.165) is 33.4 Å². The van der Waals surface area contributed by atoms with Crippen LogP contribution in [0.3, 0.4) is 0 Å². The van der Waals surface area contributed by atoms with Gasteiger partial charge in [0, 0.05) is 31.4 Å². The zero-order valence-electron chi connectivity index (χ0n) is 10.4. The number of benzene rings is 1. The number of thioether (sulfide) groups is 1. The molecule has 19 heavy (non-hydrogen) atoms. The molecule has 2 N–H and O–H groups in total. The van der Waals surface area contributed by atoms with Crippen LogP contribution < -0.4 is 15.2 Å². The van der Waals surface area contributed by atoms with Crippen LogP contribution in [0, 0.1) is 0 Å². The highest BCUT2D eigenvalue weighted by Crippen LogP contribution is 2.37. The standard InChI is InChI=1S/C12H13N3O2S2/c1-15-8-5-10-9(16-6-17-10)4-7(8)14-12(15)19-3-2-11(13)18/h4-5H,2-3,6H2,1H3,(H2,13,18). The van der Waals surface area contributed by atoms with Crippen molar-refractivity contribution in [2.45, 2.75) is 11.6 Å². The van der Waals surface area contributed by atoms with Crippen LogP contribution >= 0.6 is 24.0 Å². The normalized spacial score (nSPS) is 13.1. The molecule has 0 unspecified atom stereocenters. The van der Waals surface area contributed by atoms with Gasteiger partial charge in [0.15, 0.2) is 16.7 Å². The molecule has 100 valence electrons. The molecular weight excluding hydrogens is 282 g/mol. The van der Waals surface area contributed by atoms with Gasteiger partial charge in [0.1, 0.15) is 0 Å². The molecule has 1 aliphatic rings. The Hall–Kier alpha value is -1.47. The van der Waals surface area contributed by atoms with Gasteiger partial charge in [-0.1, -0.05) is 24.0 Å². The van der Waals surface area contributed by atoms with Gasteiger partial charge in [0.05, 0.1) is 16.0 Å². The van der Waals surface area contributed by atoms with Crippen molar-refractivity contribution in [2.75, 3.05) is 12.5 Å². The predicted octanol–water partition coefficient (Wildman–Crippen LogP) is 2.07. The molecule has 5 nitrogen and oxygen atoms in total. The molecule has 1 aliphatic heterocycles. The number of aromatic nitrogens is 2. The average Bonchev–Trinajstić information content (AvgIpc) is 2.92. The van der Waals surface area contributed by atoms with Gasteiger partial charge < -0.3 is 19.8 Å². The molecule has 2 aromatic rings. The lowest BCUT2D eigenvalue weighted by atomic mass is 10.3. The largest absolute Gasteiger partial charge is 0.454 e. The Labute approximate surface area is 120 Å². The second-order valence-electron chi connectivity index (χ2n) is 4.21. The van der Waals surface area contributed by atoms with Crippen molar-refractivity contribution < 1.29 is 9.47 Å². The summed E-state index contributed by atoms with van der Waals surface area (Å²) in [6.07, 6.45) is 0.714. The Morgan fingerprint density at radius 3 is 2.95 bits per heavy atom. The van der Waals surface area contributed by atoms with E-state index >= 15 is 0 Å². The SMILES string of the molecule is Cn1c(SCCC(N)=S)nc2cc3c(cc21)OCO3. The minimum atomic E-state index is 0.279. The number of nitrogens with zero attached hydrogens (tertiary/aromatic N) is 2. The Kier molecular flexibility index (Phi) is 3.24. The summed E-state index contributed by atoms with van der Waals surface area (Å²) in [5.74, 6) is 2.36. The molecule has 0 amide bonds. The minimum absolute atomic E-state index is 0.279. The van der Waals surface area contributed by atoms with Gasteiger partial charge in [-0.25, -0.2) is 4.98 Å². The van der Waals surface area contributed by atoms with E-state index in [-0.39, 0.29) is 6.79 Å². The zero-order chi connectivity index (χ0) is 13.4. The fraction of sp³-hybridized carbons (Fsp3) is 0.333. The highest BCUT2D eigenvalue weighted by Gasteiger charge is 2.18. The Balaban J connectivity index is 1.90. The van der Waals surface area contributed by atoms with Crippen LogP contribution in [0.1, 0.15) is 6.42 Å². The van der Waals surface area contributed by atoms with Crippen molar-refractivity contribution in [3.05, 3.63) is 12.1 Å². The molecule has 0 aliphatic carbocycles. The lowest BCUT2D eigenvalue weighted by Gasteiger charge is -2.01. The molecule has 0 spiro atoms. The summed E-state index contributed by atoms with van der Waals surface area (Å²) in [5.41, 5.74) is 7.43. The maximum atomic E-state index is 5.49. The highest BCUT2D eigenvalue weighted by molar-refractivity contribution is 7.99. The maximum Gasteiger partial charge on any atom is 0.231 e. The van der Waals surface area contributed by atoms with E-state index in [1.54, 1.807) is 11.8 Å². The monoisotopic (exact) mass is 295 g/mol. The first kappa shape index (κ1) is 12.6. The summed E-state index contributed by atoms with van der Waals surface area (Å²) >= 11 is 6.51. The number of imidazole rings is 1. The first-order valence-corrected chi connectivity index (χ1v) is 7.21. The summed E-state index contributed by atoms with van der Waals surface area (Å²) in [6.45, 7) is 0.279. The van der Waals surface area contributed by atoms with Gasteiger partial charge in [-0.2, -0.15) is 0 Å². The molecule has 0 saturated heterocycles. The van der Waals surface area contributed by atoms with E-state index < -0.39 is 0 Å². The number of rotatable bonds is 4. The highest BCUT2D eigenvalue weighted by atomic mass is 32.2. The van der Waals surface area contributed by atoms with Crippen molar-refractivity contribution in [1.82, 2.24) is 9.55 Å². The number of thiocarbonyl (C=S) groups is 1. The molecular formula is C12H13N3O2S2. The number of ether oxygens (including phenoxy) is 2. The Bertz CT molecular complexity index is 654. The van der Waals surface area contributed by atoms with Crippen LogP contribution in [0.2, 0.25) is 0 Å². The molecule has 2 heterocycles. The average molecular weight is 295 g/mol. The molecule has 7 heteroatoms. The smallest absolute Gasteiger partial charge is 0.231 e. The van der Waals surface area contributed by atoms with Crippen molar-refractivity contribution in [3.63, 3.8) is 0 Å². The van der Waals surface area contributed by atoms with E-state index in [4.69, 9.17) is 27.4 Å². The van der Waals surface area contributed by atoms with Crippen molar-refractivity contribution in [1.29, 1.82) is 0 Å². The number of hydrogen-bond donors (Lipinski definition) is 1. The van der Waals surface area contributed by atoms with Crippen LogP contribution in [0.15, 0.2) is 17.3 Å². The molecule has 1 aromatic heterocycles. The van der Waals surface area contributed by atoms with Crippen LogP contribution in [0.25, 0.3) is 11.0 Å². The maximum absolute atomic E-state index is 5.49. The van der Waals surface area contributed by atoms with Gasteiger partial charge in [0.25, 0.3) is 0 Å².